The molecule has 1 aliphatic carbocycles. The highest BCUT2D eigenvalue weighted by atomic mass is 32.1. The van der Waals surface area contributed by atoms with Gasteiger partial charge >= 0.3 is 0 Å². The number of fused-ring (bicyclic) bond motifs is 3. The molecule has 0 spiro atoms. The van der Waals surface area contributed by atoms with E-state index in [-0.39, 0.29) is 6.10 Å². The molecular formula is C14H20N2OS. The average Bonchev–Trinajstić information content (AvgIpc) is 2.82. The third-order valence-electron chi connectivity index (χ3n) is 3.78. The summed E-state index contributed by atoms with van der Waals surface area (Å²) in [7, 11) is 0. The summed E-state index contributed by atoms with van der Waals surface area (Å²) < 4.78 is 2.23. The van der Waals surface area contributed by atoms with Gasteiger partial charge < -0.3 is 5.11 Å². The van der Waals surface area contributed by atoms with Gasteiger partial charge in [0.1, 0.15) is 0 Å². The van der Waals surface area contributed by atoms with Crippen LogP contribution < -0.4 is 0 Å². The lowest BCUT2D eigenvalue weighted by atomic mass is 10.1. The fraction of sp³-hybridized carbons (Fsp3) is 0.643. The lowest BCUT2D eigenvalue weighted by Gasteiger charge is -2.10. The van der Waals surface area contributed by atoms with Crippen molar-refractivity contribution < 1.29 is 5.11 Å². The molecule has 0 bridgehead atoms. The van der Waals surface area contributed by atoms with Gasteiger partial charge in [-0.3, -0.25) is 4.40 Å². The van der Waals surface area contributed by atoms with E-state index in [2.05, 4.69) is 16.3 Å². The van der Waals surface area contributed by atoms with Crippen molar-refractivity contribution in [3.63, 3.8) is 0 Å². The Hall–Kier alpha value is -0.870. The lowest BCUT2D eigenvalue weighted by molar-refractivity contribution is 0.160. The van der Waals surface area contributed by atoms with Crippen LogP contribution in [0.4, 0.5) is 0 Å². The zero-order chi connectivity index (χ0) is 12.5. The third kappa shape index (κ3) is 1.97. The van der Waals surface area contributed by atoms with E-state index in [1.165, 1.54) is 36.3 Å². The zero-order valence-corrected chi connectivity index (χ0v) is 11.7. The number of aliphatic hydroxyl groups is 1. The number of imidazole rings is 1. The molecule has 3 rings (SSSR count). The molecule has 0 aromatic carbocycles. The molecule has 2 aromatic rings. The number of hydrogen-bond donors (Lipinski definition) is 1. The summed E-state index contributed by atoms with van der Waals surface area (Å²) in [5.41, 5.74) is 2.40. The molecule has 4 heteroatoms. The molecule has 0 saturated heterocycles. The van der Waals surface area contributed by atoms with Crippen LogP contribution in [0.1, 0.15) is 61.4 Å². The van der Waals surface area contributed by atoms with E-state index in [1.807, 2.05) is 17.5 Å². The van der Waals surface area contributed by atoms with Crippen LogP contribution in [-0.2, 0) is 12.8 Å². The molecule has 1 N–H and O–H groups in total. The van der Waals surface area contributed by atoms with Gasteiger partial charge in [-0.05, 0) is 32.1 Å². The van der Waals surface area contributed by atoms with Crippen molar-refractivity contribution in [3.05, 3.63) is 22.5 Å². The van der Waals surface area contributed by atoms with Crippen LogP contribution in [0.3, 0.4) is 0 Å². The second kappa shape index (κ2) is 5.02. The van der Waals surface area contributed by atoms with Gasteiger partial charge in [0.2, 0.25) is 0 Å². The molecule has 2 heterocycles. The van der Waals surface area contributed by atoms with Crippen molar-refractivity contribution in [1.29, 1.82) is 0 Å². The molecule has 1 unspecified atom stereocenters. The summed E-state index contributed by atoms with van der Waals surface area (Å²) in [6.07, 6.45) is 9.52. The number of rotatable bonds is 3. The summed E-state index contributed by atoms with van der Waals surface area (Å²) in [5, 5.41) is 10.2. The predicted molar refractivity (Wildman–Crippen MR) is 74.2 cm³/mol. The van der Waals surface area contributed by atoms with Gasteiger partial charge in [0.15, 0.2) is 4.96 Å². The van der Waals surface area contributed by atoms with Crippen molar-refractivity contribution in [3.8, 4) is 0 Å². The molecule has 0 amide bonds. The van der Waals surface area contributed by atoms with Gasteiger partial charge in [-0.15, -0.1) is 11.3 Å². The van der Waals surface area contributed by atoms with Gasteiger partial charge in [0.05, 0.1) is 18.0 Å². The number of nitrogens with zero attached hydrogens (tertiary/aromatic N) is 2. The number of thiazole rings is 1. The topological polar surface area (TPSA) is 37.5 Å². The first kappa shape index (κ1) is 12.2. The summed E-state index contributed by atoms with van der Waals surface area (Å²) in [6.45, 7) is 2.11. The molecule has 18 heavy (non-hydrogen) atoms. The summed E-state index contributed by atoms with van der Waals surface area (Å²) >= 11 is 1.81. The van der Waals surface area contributed by atoms with Gasteiger partial charge in [-0.1, -0.05) is 19.8 Å². The molecule has 1 atom stereocenters. The van der Waals surface area contributed by atoms with Crippen molar-refractivity contribution in [2.24, 2.45) is 0 Å². The minimum Gasteiger partial charge on any atom is -0.387 e. The maximum Gasteiger partial charge on any atom is 0.194 e. The Labute approximate surface area is 111 Å². The van der Waals surface area contributed by atoms with Crippen LogP contribution in [0, 0.1) is 0 Å². The number of hydrogen-bond acceptors (Lipinski definition) is 3. The van der Waals surface area contributed by atoms with Gasteiger partial charge in [0.25, 0.3) is 0 Å². The first-order chi connectivity index (χ1) is 8.81. The van der Waals surface area contributed by atoms with Gasteiger partial charge in [-0.2, -0.15) is 0 Å². The molecular weight excluding hydrogens is 244 g/mol. The van der Waals surface area contributed by atoms with Crippen LogP contribution in [0.5, 0.6) is 0 Å². The van der Waals surface area contributed by atoms with Crippen molar-refractivity contribution >= 4 is 16.3 Å². The monoisotopic (exact) mass is 264 g/mol. The second-order valence-corrected chi connectivity index (χ2v) is 6.20. The average molecular weight is 264 g/mol. The van der Waals surface area contributed by atoms with E-state index < -0.39 is 0 Å². The van der Waals surface area contributed by atoms with E-state index in [4.69, 9.17) is 0 Å². The first-order valence-corrected chi connectivity index (χ1v) is 7.79. The molecule has 0 fully saturated rings. The quantitative estimate of drug-likeness (QED) is 0.862. The van der Waals surface area contributed by atoms with E-state index in [0.29, 0.717) is 0 Å². The zero-order valence-electron chi connectivity index (χ0n) is 10.9. The maximum atomic E-state index is 10.2. The summed E-state index contributed by atoms with van der Waals surface area (Å²) in [5.74, 6) is 0. The van der Waals surface area contributed by atoms with E-state index >= 15 is 0 Å². The molecule has 98 valence electrons. The van der Waals surface area contributed by atoms with Crippen molar-refractivity contribution in [2.45, 2.75) is 58.0 Å². The molecule has 0 radical (unpaired) electrons. The number of aliphatic hydroxyl groups excluding tert-OH is 1. The largest absolute Gasteiger partial charge is 0.387 e. The second-order valence-electron chi connectivity index (χ2n) is 5.14. The maximum absolute atomic E-state index is 10.2. The SMILES string of the molecule is CCCC(O)c1cnc2sc3c(n12)CCCCC3. The standard InChI is InChI=1S/C14H20N2OS/c1-2-6-12(17)11-9-15-14-16(11)10-7-4-3-5-8-13(10)18-14/h9,12,17H,2-8H2,1H3. The van der Waals surface area contributed by atoms with E-state index in [1.54, 1.807) is 0 Å². The fourth-order valence-electron chi connectivity index (χ4n) is 2.84. The third-order valence-corrected chi connectivity index (χ3v) is 4.94. The normalized spacial score (nSPS) is 17.7. The minimum absolute atomic E-state index is 0.369. The molecule has 0 saturated carbocycles. The Balaban J connectivity index is 2.08. The van der Waals surface area contributed by atoms with Gasteiger partial charge in [0, 0.05) is 10.6 Å². The van der Waals surface area contributed by atoms with E-state index in [0.717, 1.165) is 29.9 Å². The highest BCUT2D eigenvalue weighted by molar-refractivity contribution is 7.17. The fourth-order valence-corrected chi connectivity index (χ4v) is 4.03. The highest BCUT2D eigenvalue weighted by Gasteiger charge is 2.20. The van der Waals surface area contributed by atoms with Crippen molar-refractivity contribution in [2.75, 3.05) is 0 Å². The Morgan fingerprint density at radius 1 is 1.39 bits per heavy atom. The molecule has 1 aliphatic rings. The highest BCUT2D eigenvalue weighted by Crippen LogP contribution is 2.32. The Morgan fingerprint density at radius 3 is 3.06 bits per heavy atom. The van der Waals surface area contributed by atoms with E-state index in [9.17, 15) is 5.11 Å². The summed E-state index contributed by atoms with van der Waals surface area (Å²) in [4.78, 5) is 7.03. The first-order valence-electron chi connectivity index (χ1n) is 6.97. The van der Waals surface area contributed by atoms with Crippen LogP contribution in [0.25, 0.3) is 4.96 Å². The summed E-state index contributed by atoms with van der Waals surface area (Å²) in [6, 6.07) is 0. The number of aryl methyl sites for hydroxylation is 2. The molecule has 3 nitrogen and oxygen atoms in total. The van der Waals surface area contributed by atoms with Gasteiger partial charge in [-0.25, -0.2) is 4.98 Å². The molecule has 2 aromatic heterocycles. The number of aromatic nitrogens is 2. The van der Waals surface area contributed by atoms with Crippen LogP contribution in [-0.4, -0.2) is 14.5 Å². The van der Waals surface area contributed by atoms with Crippen LogP contribution in [0.15, 0.2) is 6.20 Å². The minimum atomic E-state index is -0.369. The Bertz CT molecular complexity index is 543. The van der Waals surface area contributed by atoms with Crippen molar-refractivity contribution in [1.82, 2.24) is 9.38 Å². The predicted octanol–water partition coefficient (Wildman–Crippen LogP) is 3.50. The van der Waals surface area contributed by atoms with Crippen LogP contribution in [0.2, 0.25) is 0 Å². The molecule has 0 aliphatic heterocycles. The smallest absolute Gasteiger partial charge is 0.194 e. The Morgan fingerprint density at radius 2 is 2.22 bits per heavy atom. The Kier molecular flexibility index (Phi) is 3.39. The lowest BCUT2D eigenvalue weighted by Crippen LogP contribution is -2.04. The van der Waals surface area contributed by atoms with Crippen LogP contribution >= 0.6 is 11.3 Å².